The van der Waals surface area contributed by atoms with Gasteiger partial charge in [0.25, 0.3) is 0 Å². The van der Waals surface area contributed by atoms with E-state index in [0.717, 1.165) is 0 Å². The molecule has 0 aliphatic heterocycles. The Hall–Kier alpha value is -2.05. The van der Waals surface area contributed by atoms with Crippen molar-refractivity contribution in [2.24, 2.45) is 0 Å². The number of likely N-dealkylation sites (N-methyl/N-ethyl adjacent to an activating group) is 1. The lowest BCUT2D eigenvalue weighted by atomic mass is 10.1. The Morgan fingerprint density at radius 1 is 1.41 bits per heavy atom. The predicted octanol–water partition coefficient (Wildman–Crippen LogP) is 2.85. The highest BCUT2D eigenvalue weighted by Gasteiger charge is 2.34. The number of carbonyl (C=O) groups is 2. The van der Waals surface area contributed by atoms with E-state index in [0.29, 0.717) is 5.56 Å². The number of carboxylic acid groups (broad SMARTS) is 1. The molecule has 0 spiro atoms. The molecule has 1 atom stereocenters. The second kappa shape index (κ2) is 6.81. The lowest BCUT2D eigenvalue weighted by molar-refractivity contribution is -0.143. The van der Waals surface area contributed by atoms with Crippen LogP contribution in [0.1, 0.15) is 59.2 Å². The summed E-state index contributed by atoms with van der Waals surface area (Å²) in [4.78, 5) is 25.1. The molecule has 22 heavy (non-hydrogen) atoms. The van der Waals surface area contributed by atoms with Crippen LogP contribution in [-0.4, -0.2) is 44.0 Å². The molecule has 1 aromatic rings. The van der Waals surface area contributed by atoms with Gasteiger partial charge in [0.15, 0.2) is 6.04 Å². The molecule has 124 valence electrons. The summed E-state index contributed by atoms with van der Waals surface area (Å²) in [5, 5.41) is 13.7. The Morgan fingerprint density at radius 2 is 2.00 bits per heavy atom. The third-order valence-corrected chi connectivity index (χ3v) is 2.98. The summed E-state index contributed by atoms with van der Waals surface area (Å²) in [5.41, 5.74) is -0.232. The monoisotopic (exact) mass is 311 g/mol. The van der Waals surface area contributed by atoms with E-state index in [1.54, 1.807) is 38.6 Å². The van der Waals surface area contributed by atoms with E-state index in [1.165, 1.54) is 11.1 Å². The van der Waals surface area contributed by atoms with Crippen LogP contribution in [0.15, 0.2) is 12.4 Å². The van der Waals surface area contributed by atoms with Crippen molar-refractivity contribution in [2.45, 2.75) is 59.2 Å². The van der Waals surface area contributed by atoms with E-state index < -0.39 is 23.7 Å². The van der Waals surface area contributed by atoms with E-state index >= 15 is 0 Å². The molecule has 0 aliphatic rings. The van der Waals surface area contributed by atoms with E-state index in [-0.39, 0.29) is 12.6 Å². The molecule has 1 rings (SSSR count). The fourth-order valence-corrected chi connectivity index (χ4v) is 1.97. The van der Waals surface area contributed by atoms with E-state index in [1.807, 2.05) is 13.8 Å². The minimum atomic E-state index is -1.12. The van der Waals surface area contributed by atoms with Crippen molar-refractivity contribution < 1.29 is 19.4 Å². The van der Waals surface area contributed by atoms with Crippen LogP contribution in [-0.2, 0) is 9.53 Å². The summed E-state index contributed by atoms with van der Waals surface area (Å²) < 4.78 is 6.95. The van der Waals surface area contributed by atoms with Crippen LogP contribution in [0.4, 0.5) is 4.79 Å². The van der Waals surface area contributed by atoms with Gasteiger partial charge in [-0.25, -0.2) is 9.59 Å². The number of nitrogens with zero attached hydrogens (tertiary/aromatic N) is 3. The molecule has 1 aromatic heterocycles. The molecule has 0 radical (unpaired) electrons. The van der Waals surface area contributed by atoms with Crippen molar-refractivity contribution >= 4 is 12.1 Å². The van der Waals surface area contributed by atoms with Gasteiger partial charge in [-0.1, -0.05) is 0 Å². The Morgan fingerprint density at radius 3 is 2.36 bits per heavy atom. The van der Waals surface area contributed by atoms with Crippen LogP contribution >= 0.6 is 0 Å². The van der Waals surface area contributed by atoms with Crippen LogP contribution in [0.2, 0.25) is 0 Å². The average Bonchev–Trinajstić information content (AvgIpc) is 2.81. The molecular weight excluding hydrogens is 286 g/mol. The second-order valence-electron chi connectivity index (χ2n) is 6.35. The molecule has 7 heteroatoms. The number of carbonyl (C=O) groups excluding carboxylic acids is 1. The first-order chi connectivity index (χ1) is 10.1. The van der Waals surface area contributed by atoms with Gasteiger partial charge in [0.05, 0.1) is 6.20 Å². The number of rotatable bonds is 5. The van der Waals surface area contributed by atoms with Crippen molar-refractivity contribution in [1.82, 2.24) is 14.7 Å². The maximum Gasteiger partial charge on any atom is 0.411 e. The number of hydrogen-bond acceptors (Lipinski definition) is 4. The zero-order chi connectivity index (χ0) is 17.1. The van der Waals surface area contributed by atoms with E-state index in [9.17, 15) is 14.7 Å². The number of ether oxygens (including phenoxy) is 1. The first-order valence-corrected chi connectivity index (χ1v) is 7.33. The van der Waals surface area contributed by atoms with Crippen molar-refractivity contribution in [2.75, 3.05) is 6.54 Å². The summed E-state index contributed by atoms with van der Waals surface area (Å²) in [5.74, 6) is -1.11. The second-order valence-corrected chi connectivity index (χ2v) is 6.35. The predicted molar refractivity (Wildman–Crippen MR) is 81.6 cm³/mol. The molecule has 0 fully saturated rings. The Labute approximate surface area is 130 Å². The Bertz CT molecular complexity index is 531. The zero-order valence-corrected chi connectivity index (χ0v) is 14.0. The SMILES string of the molecule is CCN(C(=O)OC(C)(C)C)C(C(=O)O)c1cnn(C(C)C)c1. The molecule has 1 amide bonds. The molecule has 7 nitrogen and oxygen atoms in total. The zero-order valence-electron chi connectivity index (χ0n) is 14.0. The van der Waals surface area contributed by atoms with Gasteiger partial charge in [0.1, 0.15) is 5.60 Å². The number of amides is 1. The standard InChI is InChI=1S/C15H25N3O4/c1-7-17(14(21)22-15(4,5)6)12(13(19)20)11-8-16-18(9-11)10(2)3/h8-10,12H,7H2,1-6H3,(H,19,20). The fourth-order valence-electron chi connectivity index (χ4n) is 1.97. The summed E-state index contributed by atoms with van der Waals surface area (Å²) in [7, 11) is 0. The highest BCUT2D eigenvalue weighted by Crippen LogP contribution is 2.24. The van der Waals surface area contributed by atoms with Crippen molar-refractivity contribution in [3.05, 3.63) is 18.0 Å². The lowest BCUT2D eigenvalue weighted by Gasteiger charge is -2.30. The van der Waals surface area contributed by atoms with Crippen molar-refractivity contribution in [1.29, 1.82) is 0 Å². The number of hydrogen-bond donors (Lipinski definition) is 1. The molecule has 1 unspecified atom stereocenters. The van der Waals surface area contributed by atoms with Gasteiger partial charge in [-0.3, -0.25) is 9.58 Å². The number of aromatic nitrogens is 2. The highest BCUT2D eigenvalue weighted by molar-refractivity contribution is 5.81. The van der Waals surface area contributed by atoms with Gasteiger partial charge in [-0.15, -0.1) is 0 Å². The first kappa shape index (κ1) is 18.0. The summed E-state index contributed by atoms with van der Waals surface area (Å²) in [6, 6.07) is -1.01. The summed E-state index contributed by atoms with van der Waals surface area (Å²) >= 11 is 0. The third-order valence-electron chi connectivity index (χ3n) is 2.98. The van der Waals surface area contributed by atoms with Crippen LogP contribution < -0.4 is 0 Å². The van der Waals surface area contributed by atoms with Gasteiger partial charge < -0.3 is 9.84 Å². The lowest BCUT2D eigenvalue weighted by Crippen LogP contribution is -2.42. The maximum absolute atomic E-state index is 12.3. The van der Waals surface area contributed by atoms with Gasteiger partial charge >= 0.3 is 12.1 Å². The summed E-state index contributed by atoms with van der Waals surface area (Å²) in [6.45, 7) is 11.0. The third kappa shape index (κ3) is 4.47. The molecule has 0 saturated heterocycles. The molecule has 1 N–H and O–H groups in total. The molecule has 0 aliphatic carbocycles. The van der Waals surface area contributed by atoms with E-state index in [2.05, 4.69) is 5.10 Å². The van der Waals surface area contributed by atoms with Gasteiger partial charge in [-0.05, 0) is 41.5 Å². The molecule has 0 saturated carbocycles. The minimum absolute atomic E-state index is 0.111. The fraction of sp³-hybridized carbons (Fsp3) is 0.667. The van der Waals surface area contributed by atoms with Crippen LogP contribution in [0.5, 0.6) is 0 Å². The van der Waals surface area contributed by atoms with Crippen LogP contribution in [0, 0.1) is 0 Å². The average molecular weight is 311 g/mol. The van der Waals surface area contributed by atoms with Gasteiger partial charge in [0, 0.05) is 24.3 Å². The number of carboxylic acids is 1. The molecule has 1 heterocycles. The smallest absolute Gasteiger partial charge is 0.411 e. The van der Waals surface area contributed by atoms with Crippen molar-refractivity contribution in [3.63, 3.8) is 0 Å². The van der Waals surface area contributed by atoms with Crippen LogP contribution in [0.3, 0.4) is 0 Å². The van der Waals surface area contributed by atoms with Crippen LogP contribution in [0.25, 0.3) is 0 Å². The van der Waals surface area contributed by atoms with Gasteiger partial charge in [0.2, 0.25) is 0 Å². The largest absolute Gasteiger partial charge is 0.479 e. The Balaban J connectivity index is 3.10. The van der Waals surface area contributed by atoms with Crippen molar-refractivity contribution in [3.8, 4) is 0 Å². The maximum atomic E-state index is 12.3. The number of aliphatic carboxylic acids is 1. The topological polar surface area (TPSA) is 84.7 Å². The first-order valence-electron chi connectivity index (χ1n) is 7.33. The highest BCUT2D eigenvalue weighted by atomic mass is 16.6. The molecule has 0 bridgehead atoms. The van der Waals surface area contributed by atoms with E-state index in [4.69, 9.17) is 4.74 Å². The Kier molecular flexibility index (Phi) is 5.57. The minimum Gasteiger partial charge on any atom is -0.479 e. The quantitative estimate of drug-likeness (QED) is 0.903. The molecular formula is C15H25N3O4. The van der Waals surface area contributed by atoms with Gasteiger partial charge in [-0.2, -0.15) is 5.10 Å². The molecule has 0 aromatic carbocycles. The normalized spacial score (nSPS) is 13.0. The summed E-state index contributed by atoms with van der Waals surface area (Å²) in [6.07, 6.45) is 2.47.